The van der Waals surface area contributed by atoms with Crippen LogP contribution in [0.5, 0.6) is 0 Å². The summed E-state index contributed by atoms with van der Waals surface area (Å²) in [5.41, 5.74) is -0.800. The average molecular weight is 257 g/mol. The second kappa shape index (κ2) is 4.05. The predicted molar refractivity (Wildman–Crippen MR) is 64.6 cm³/mol. The van der Waals surface area contributed by atoms with Crippen LogP contribution < -0.4 is 0 Å². The molecule has 1 unspecified atom stereocenters. The fourth-order valence-electron chi connectivity index (χ4n) is 2.33. The molecule has 0 radical (unpaired) electrons. The minimum absolute atomic E-state index is 0.164. The molecule has 1 atom stereocenters. The third-order valence-corrected chi connectivity index (χ3v) is 3.36. The highest BCUT2D eigenvalue weighted by Crippen LogP contribution is 2.33. The van der Waals surface area contributed by atoms with Crippen molar-refractivity contribution < 1.29 is 19.1 Å². The van der Waals surface area contributed by atoms with E-state index in [0.717, 1.165) is 10.5 Å². The van der Waals surface area contributed by atoms with Crippen LogP contribution in [-0.2, 0) is 25.7 Å². The molecule has 0 saturated carbocycles. The molecule has 0 bridgehead atoms. The average Bonchev–Trinajstić information content (AvgIpc) is 2.88. The lowest BCUT2D eigenvalue weighted by molar-refractivity contribution is -0.150. The summed E-state index contributed by atoms with van der Waals surface area (Å²) in [6.45, 7) is 0.164. The highest BCUT2D eigenvalue weighted by molar-refractivity contribution is 6.24. The molecule has 3 rings (SSSR count). The van der Waals surface area contributed by atoms with Crippen molar-refractivity contribution >= 4 is 17.6 Å². The van der Waals surface area contributed by atoms with Crippen LogP contribution in [0.25, 0.3) is 0 Å². The first kappa shape index (κ1) is 11.6. The van der Waals surface area contributed by atoms with Gasteiger partial charge in [0.15, 0.2) is 0 Å². The number of ketones is 1. The Morgan fingerprint density at radius 1 is 1.16 bits per heavy atom. The van der Waals surface area contributed by atoms with Gasteiger partial charge in [-0.15, -0.1) is 0 Å². The Balaban J connectivity index is 1.86. The second-order valence-electron chi connectivity index (χ2n) is 4.56. The molecule has 1 aromatic carbocycles. The van der Waals surface area contributed by atoms with Gasteiger partial charge in [0.05, 0.1) is 19.2 Å². The van der Waals surface area contributed by atoms with Gasteiger partial charge in [-0.2, -0.15) is 0 Å². The molecule has 0 aliphatic carbocycles. The normalized spacial score (nSPS) is 25.5. The molecule has 0 aromatic heterocycles. The van der Waals surface area contributed by atoms with Crippen LogP contribution in [0.1, 0.15) is 12.0 Å². The van der Waals surface area contributed by atoms with Gasteiger partial charge in [0.25, 0.3) is 11.5 Å². The van der Waals surface area contributed by atoms with Crippen molar-refractivity contribution in [2.75, 3.05) is 0 Å². The molecule has 0 N–H and O–H groups in total. The quantitative estimate of drug-likeness (QED) is 0.580. The molecule has 1 saturated heterocycles. The van der Waals surface area contributed by atoms with Crippen molar-refractivity contribution in [1.82, 2.24) is 4.90 Å². The summed E-state index contributed by atoms with van der Waals surface area (Å²) >= 11 is 0. The van der Waals surface area contributed by atoms with Gasteiger partial charge in [-0.1, -0.05) is 30.3 Å². The van der Waals surface area contributed by atoms with E-state index in [0.29, 0.717) is 0 Å². The maximum Gasteiger partial charge on any atom is 0.282 e. The zero-order valence-corrected chi connectivity index (χ0v) is 10.0. The first-order valence-corrected chi connectivity index (χ1v) is 5.91. The van der Waals surface area contributed by atoms with Gasteiger partial charge in [-0.05, 0) is 5.56 Å². The molecule has 2 heterocycles. The summed E-state index contributed by atoms with van der Waals surface area (Å²) < 4.78 is 5.12. The summed E-state index contributed by atoms with van der Waals surface area (Å²) in [7, 11) is 0. The molecule has 19 heavy (non-hydrogen) atoms. The maximum atomic E-state index is 12.3. The van der Waals surface area contributed by atoms with Gasteiger partial charge in [0, 0.05) is 6.08 Å². The van der Waals surface area contributed by atoms with E-state index < -0.39 is 17.3 Å². The SMILES string of the molecule is O=C1CC2(OC=CC2=O)C(=O)N1Cc1ccccc1. The Labute approximate surface area is 109 Å². The maximum absolute atomic E-state index is 12.3. The van der Waals surface area contributed by atoms with Crippen molar-refractivity contribution in [2.24, 2.45) is 0 Å². The Bertz CT molecular complexity index is 593. The number of ether oxygens (including phenoxy) is 1. The molecular formula is C14H11NO4. The molecule has 5 heteroatoms. The van der Waals surface area contributed by atoms with Gasteiger partial charge < -0.3 is 4.74 Å². The molecule has 1 aromatic rings. The number of nitrogens with zero attached hydrogens (tertiary/aromatic N) is 1. The van der Waals surface area contributed by atoms with Crippen LogP contribution in [0.4, 0.5) is 0 Å². The van der Waals surface area contributed by atoms with Crippen molar-refractivity contribution in [3.05, 3.63) is 48.2 Å². The van der Waals surface area contributed by atoms with E-state index in [1.807, 2.05) is 30.3 Å². The minimum atomic E-state index is -1.63. The lowest BCUT2D eigenvalue weighted by atomic mass is 9.98. The first-order chi connectivity index (χ1) is 9.13. The van der Waals surface area contributed by atoms with Crippen molar-refractivity contribution in [1.29, 1.82) is 0 Å². The van der Waals surface area contributed by atoms with Crippen LogP contribution in [0.3, 0.4) is 0 Å². The number of likely N-dealkylation sites (tertiary alicyclic amines) is 1. The van der Waals surface area contributed by atoms with Gasteiger partial charge in [-0.25, -0.2) is 0 Å². The number of rotatable bonds is 2. The number of hydrogen-bond acceptors (Lipinski definition) is 4. The van der Waals surface area contributed by atoms with Gasteiger partial charge in [-0.3, -0.25) is 19.3 Å². The second-order valence-corrected chi connectivity index (χ2v) is 4.56. The Morgan fingerprint density at radius 2 is 1.89 bits per heavy atom. The zero-order valence-electron chi connectivity index (χ0n) is 10.0. The Morgan fingerprint density at radius 3 is 2.53 bits per heavy atom. The summed E-state index contributed by atoms with van der Waals surface area (Å²) in [5.74, 6) is -1.41. The lowest BCUT2D eigenvalue weighted by Gasteiger charge is -2.19. The van der Waals surface area contributed by atoms with Gasteiger partial charge in [0.1, 0.15) is 0 Å². The van der Waals surface area contributed by atoms with Crippen LogP contribution >= 0.6 is 0 Å². The molecule has 2 amide bonds. The van der Waals surface area contributed by atoms with E-state index in [4.69, 9.17) is 4.74 Å². The minimum Gasteiger partial charge on any atom is -0.476 e. The topological polar surface area (TPSA) is 63.7 Å². The number of benzene rings is 1. The van der Waals surface area contributed by atoms with E-state index >= 15 is 0 Å². The molecule has 5 nitrogen and oxygen atoms in total. The van der Waals surface area contributed by atoms with E-state index in [2.05, 4.69) is 0 Å². The van der Waals surface area contributed by atoms with Gasteiger partial charge >= 0.3 is 0 Å². The van der Waals surface area contributed by atoms with Crippen molar-refractivity contribution in [2.45, 2.75) is 18.6 Å². The third kappa shape index (κ3) is 1.66. The Hall–Kier alpha value is -2.43. The molecule has 1 spiro atoms. The van der Waals surface area contributed by atoms with Gasteiger partial charge in [0.2, 0.25) is 11.7 Å². The number of imide groups is 1. The largest absolute Gasteiger partial charge is 0.476 e. The number of hydrogen-bond donors (Lipinski definition) is 0. The van der Waals surface area contributed by atoms with Crippen LogP contribution in [-0.4, -0.2) is 28.1 Å². The monoisotopic (exact) mass is 257 g/mol. The summed E-state index contributed by atoms with van der Waals surface area (Å²) in [6, 6.07) is 9.15. The lowest BCUT2D eigenvalue weighted by Crippen LogP contribution is -2.45. The van der Waals surface area contributed by atoms with E-state index in [9.17, 15) is 14.4 Å². The van der Waals surface area contributed by atoms with Crippen molar-refractivity contribution in [3.8, 4) is 0 Å². The van der Waals surface area contributed by atoms with Crippen LogP contribution in [0.15, 0.2) is 42.7 Å². The zero-order chi connectivity index (χ0) is 13.5. The number of carbonyl (C=O) groups excluding carboxylic acids is 3. The smallest absolute Gasteiger partial charge is 0.282 e. The first-order valence-electron chi connectivity index (χ1n) is 5.91. The predicted octanol–water partition coefficient (Wildman–Crippen LogP) is 0.797. The highest BCUT2D eigenvalue weighted by Gasteiger charge is 2.59. The van der Waals surface area contributed by atoms with Crippen LogP contribution in [0, 0.1) is 0 Å². The summed E-state index contributed by atoms with van der Waals surface area (Å²) in [4.78, 5) is 37.0. The molecule has 2 aliphatic heterocycles. The van der Waals surface area contributed by atoms with E-state index in [1.54, 1.807) is 0 Å². The van der Waals surface area contributed by atoms with E-state index in [-0.39, 0.29) is 18.9 Å². The Kier molecular flexibility index (Phi) is 2.48. The fourth-order valence-corrected chi connectivity index (χ4v) is 2.33. The molecule has 1 fully saturated rings. The summed E-state index contributed by atoms with van der Waals surface area (Å²) in [6.07, 6.45) is 2.15. The standard InChI is InChI=1S/C14H11NO4/c16-11-6-7-19-14(11)8-12(17)15(13(14)18)9-10-4-2-1-3-5-10/h1-7H,8-9H2. The van der Waals surface area contributed by atoms with E-state index in [1.165, 1.54) is 12.3 Å². The molecule has 96 valence electrons. The molecule has 2 aliphatic rings. The fraction of sp³-hybridized carbons (Fsp3) is 0.214. The highest BCUT2D eigenvalue weighted by atomic mass is 16.5. The third-order valence-electron chi connectivity index (χ3n) is 3.36. The summed E-state index contributed by atoms with van der Waals surface area (Å²) in [5, 5.41) is 0. The number of amides is 2. The van der Waals surface area contributed by atoms with Crippen LogP contribution in [0.2, 0.25) is 0 Å². The molecular weight excluding hydrogens is 246 g/mol. The number of carbonyl (C=O) groups is 3. The van der Waals surface area contributed by atoms with Crippen molar-refractivity contribution in [3.63, 3.8) is 0 Å².